The van der Waals surface area contributed by atoms with E-state index >= 15 is 0 Å². The maximum atomic E-state index is 11.4. The summed E-state index contributed by atoms with van der Waals surface area (Å²) in [5.74, 6) is 0.134. The summed E-state index contributed by atoms with van der Waals surface area (Å²) in [5.41, 5.74) is -0.375. The zero-order chi connectivity index (χ0) is 14.6. The largest absolute Gasteiger partial charge is 0.480 e. The number of hydrogen-bond acceptors (Lipinski definition) is 4. The van der Waals surface area contributed by atoms with Crippen LogP contribution in [0.3, 0.4) is 0 Å². The predicted octanol–water partition coefficient (Wildman–Crippen LogP) is 1.92. The third-order valence-corrected chi connectivity index (χ3v) is 2.53. The minimum absolute atomic E-state index is 0.0992. The van der Waals surface area contributed by atoms with Gasteiger partial charge in [-0.15, -0.1) is 10.2 Å². The molecule has 0 amide bonds. The third kappa shape index (κ3) is 4.98. The number of carboxylic acids is 1. The van der Waals surface area contributed by atoms with Gasteiger partial charge in [0, 0.05) is 6.42 Å². The molecule has 0 aliphatic carbocycles. The number of rotatable bonds is 6. The van der Waals surface area contributed by atoms with Crippen LogP contribution in [0.5, 0.6) is 0 Å². The highest BCUT2D eigenvalue weighted by molar-refractivity contribution is 5.72. The molecule has 1 N–H and O–H groups in total. The maximum absolute atomic E-state index is 11.4. The predicted molar refractivity (Wildman–Crippen MR) is 70.9 cm³/mol. The standard InChI is InChI=1S/C13H23N3O3/c1-9(2)6-11-15-14-8-16(11)10(12(17)18)7-19-13(3,4)5/h8-10H,6-7H2,1-5H3,(H,17,18). The van der Waals surface area contributed by atoms with E-state index in [0.29, 0.717) is 18.2 Å². The summed E-state index contributed by atoms with van der Waals surface area (Å²) < 4.78 is 7.17. The van der Waals surface area contributed by atoms with Gasteiger partial charge >= 0.3 is 5.97 Å². The highest BCUT2D eigenvalue weighted by Gasteiger charge is 2.25. The highest BCUT2D eigenvalue weighted by atomic mass is 16.5. The van der Waals surface area contributed by atoms with Gasteiger partial charge in [0.25, 0.3) is 0 Å². The van der Waals surface area contributed by atoms with Crippen LogP contribution in [0, 0.1) is 5.92 Å². The van der Waals surface area contributed by atoms with Crippen molar-refractivity contribution in [3.05, 3.63) is 12.2 Å². The van der Waals surface area contributed by atoms with Gasteiger partial charge in [0.2, 0.25) is 0 Å². The maximum Gasteiger partial charge on any atom is 0.329 e. The zero-order valence-corrected chi connectivity index (χ0v) is 12.3. The van der Waals surface area contributed by atoms with Crippen LogP contribution in [0.25, 0.3) is 0 Å². The summed E-state index contributed by atoms with van der Waals surface area (Å²) in [6, 6.07) is -0.789. The first-order chi connectivity index (χ1) is 8.70. The molecule has 108 valence electrons. The Kier molecular flexibility index (Phi) is 5.05. The van der Waals surface area contributed by atoms with Crippen molar-refractivity contribution in [2.75, 3.05) is 6.61 Å². The molecule has 0 bridgehead atoms. The molecule has 0 saturated carbocycles. The quantitative estimate of drug-likeness (QED) is 0.853. The number of nitrogens with zero attached hydrogens (tertiary/aromatic N) is 3. The van der Waals surface area contributed by atoms with E-state index in [1.54, 1.807) is 4.57 Å². The molecule has 19 heavy (non-hydrogen) atoms. The molecule has 0 saturated heterocycles. The second-order valence-electron chi connectivity index (χ2n) is 6.03. The summed E-state index contributed by atoms with van der Waals surface area (Å²) in [6.07, 6.45) is 2.15. The van der Waals surface area contributed by atoms with Gasteiger partial charge in [0.05, 0.1) is 12.2 Å². The van der Waals surface area contributed by atoms with Crippen LogP contribution in [0.2, 0.25) is 0 Å². The lowest BCUT2D eigenvalue weighted by Crippen LogP contribution is -2.30. The van der Waals surface area contributed by atoms with Gasteiger partial charge in [-0.3, -0.25) is 0 Å². The van der Waals surface area contributed by atoms with Crippen LogP contribution >= 0.6 is 0 Å². The normalized spacial score (nSPS) is 13.8. The number of carbonyl (C=O) groups is 1. The van der Waals surface area contributed by atoms with E-state index in [0.717, 1.165) is 0 Å². The van der Waals surface area contributed by atoms with E-state index in [1.807, 2.05) is 20.8 Å². The first kappa shape index (κ1) is 15.6. The van der Waals surface area contributed by atoms with E-state index in [-0.39, 0.29) is 12.2 Å². The zero-order valence-electron chi connectivity index (χ0n) is 12.3. The molecule has 1 rings (SSSR count). The molecular weight excluding hydrogens is 246 g/mol. The van der Waals surface area contributed by atoms with Crippen molar-refractivity contribution in [3.8, 4) is 0 Å². The third-order valence-electron chi connectivity index (χ3n) is 2.53. The Morgan fingerprint density at radius 2 is 2.11 bits per heavy atom. The smallest absolute Gasteiger partial charge is 0.329 e. The first-order valence-electron chi connectivity index (χ1n) is 6.46. The Hall–Kier alpha value is -1.43. The fourth-order valence-electron chi connectivity index (χ4n) is 1.64. The summed E-state index contributed by atoms with van der Waals surface area (Å²) in [6.45, 7) is 9.90. The van der Waals surface area contributed by atoms with Gasteiger partial charge in [0.15, 0.2) is 6.04 Å². The lowest BCUT2D eigenvalue weighted by Gasteiger charge is -2.23. The summed E-state index contributed by atoms with van der Waals surface area (Å²) in [7, 11) is 0. The average molecular weight is 269 g/mol. The van der Waals surface area contributed by atoms with Crippen LogP contribution < -0.4 is 0 Å². The van der Waals surface area contributed by atoms with Crippen molar-refractivity contribution in [2.24, 2.45) is 5.92 Å². The topological polar surface area (TPSA) is 77.2 Å². The molecule has 0 radical (unpaired) electrons. The van der Waals surface area contributed by atoms with Gasteiger partial charge in [-0.2, -0.15) is 0 Å². The molecule has 1 heterocycles. The van der Waals surface area contributed by atoms with Crippen molar-refractivity contribution < 1.29 is 14.6 Å². The highest BCUT2D eigenvalue weighted by Crippen LogP contribution is 2.16. The lowest BCUT2D eigenvalue weighted by atomic mass is 10.1. The molecule has 0 aromatic carbocycles. The van der Waals surface area contributed by atoms with E-state index in [2.05, 4.69) is 24.0 Å². The van der Waals surface area contributed by atoms with E-state index in [1.165, 1.54) is 6.33 Å². The summed E-state index contributed by atoms with van der Waals surface area (Å²) in [4.78, 5) is 11.4. The molecule has 0 aliphatic heterocycles. The lowest BCUT2D eigenvalue weighted by molar-refractivity contribution is -0.144. The van der Waals surface area contributed by atoms with Gasteiger partial charge in [-0.05, 0) is 26.7 Å². The van der Waals surface area contributed by atoms with Gasteiger partial charge in [-0.1, -0.05) is 13.8 Å². The number of carboxylic acid groups (broad SMARTS) is 1. The van der Waals surface area contributed by atoms with Gasteiger partial charge < -0.3 is 14.4 Å². The summed E-state index contributed by atoms with van der Waals surface area (Å²) >= 11 is 0. The van der Waals surface area contributed by atoms with Gasteiger partial charge in [0.1, 0.15) is 12.2 Å². The molecule has 0 aliphatic rings. The number of aromatic nitrogens is 3. The first-order valence-corrected chi connectivity index (χ1v) is 6.46. The number of hydrogen-bond donors (Lipinski definition) is 1. The molecule has 1 unspecified atom stereocenters. The van der Waals surface area contributed by atoms with Crippen molar-refractivity contribution in [3.63, 3.8) is 0 Å². The molecule has 0 spiro atoms. The molecule has 6 heteroatoms. The van der Waals surface area contributed by atoms with E-state index in [4.69, 9.17) is 4.74 Å². The Balaban J connectivity index is 2.87. The average Bonchev–Trinajstić information content (AvgIpc) is 2.63. The number of ether oxygens (including phenoxy) is 1. The van der Waals surface area contributed by atoms with Crippen molar-refractivity contribution in [1.29, 1.82) is 0 Å². The Bertz CT molecular complexity index is 421. The molecular formula is C13H23N3O3. The van der Waals surface area contributed by atoms with Crippen LogP contribution in [0.15, 0.2) is 6.33 Å². The van der Waals surface area contributed by atoms with E-state index < -0.39 is 12.0 Å². The van der Waals surface area contributed by atoms with Crippen LogP contribution in [-0.2, 0) is 16.0 Å². The molecule has 1 aromatic heterocycles. The molecule has 6 nitrogen and oxygen atoms in total. The second-order valence-corrected chi connectivity index (χ2v) is 6.03. The van der Waals surface area contributed by atoms with Crippen LogP contribution in [0.1, 0.15) is 46.5 Å². The van der Waals surface area contributed by atoms with Crippen molar-refractivity contribution >= 4 is 5.97 Å². The van der Waals surface area contributed by atoms with Crippen LogP contribution in [-0.4, -0.2) is 38.0 Å². The SMILES string of the molecule is CC(C)Cc1nncn1C(COC(C)(C)C)C(=O)O. The number of aliphatic carboxylic acids is 1. The van der Waals surface area contributed by atoms with Gasteiger partial charge in [-0.25, -0.2) is 4.79 Å². The molecule has 1 aromatic rings. The fraction of sp³-hybridized carbons (Fsp3) is 0.769. The Morgan fingerprint density at radius 1 is 1.47 bits per heavy atom. The minimum Gasteiger partial charge on any atom is -0.480 e. The molecule has 1 atom stereocenters. The van der Waals surface area contributed by atoms with Crippen molar-refractivity contribution in [2.45, 2.75) is 52.7 Å². The van der Waals surface area contributed by atoms with Crippen molar-refractivity contribution in [1.82, 2.24) is 14.8 Å². The fourth-order valence-corrected chi connectivity index (χ4v) is 1.64. The summed E-state index contributed by atoms with van der Waals surface area (Å²) in [5, 5.41) is 17.2. The Labute approximate surface area is 113 Å². The minimum atomic E-state index is -0.936. The Morgan fingerprint density at radius 3 is 2.58 bits per heavy atom. The monoisotopic (exact) mass is 269 g/mol. The van der Waals surface area contributed by atoms with E-state index in [9.17, 15) is 9.90 Å². The van der Waals surface area contributed by atoms with Crippen LogP contribution in [0.4, 0.5) is 0 Å². The second kappa shape index (κ2) is 6.14. The molecule has 0 fully saturated rings.